The van der Waals surface area contributed by atoms with Gasteiger partial charge in [-0.15, -0.1) is 0 Å². The van der Waals surface area contributed by atoms with Crippen LogP contribution in [-0.4, -0.2) is 65.7 Å². The molecule has 0 bridgehead atoms. The van der Waals surface area contributed by atoms with Crippen LogP contribution in [0.1, 0.15) is 44.1 Å². The number of urea groups is 1. The monoisotopic (exact) mass is 457 g/mol. The van der Waals surface area contributed by atoms with E-state index in [0.717, 1.165) is 62.0 Å². The molecule has 0 aromatic carbocycles. The van der Waals surface area contributed by atoms with Gasteiger partial charge in [-0.1, -0.05) is 6.92 Å². The van der Waals surface area contributed by atoms with Crippen LogP contribution in [0.5, 0.6) is 0 Å². The van der Waals surface area contributed by atoms with Gasteiger partial charge in [0.25, 0.3) is 0 Å². The van der Waals surface area contributed by atoms with Crippen molar-refractivity contribution in [3.05, 3.63) is 36.3 Å². The van der Waals surface area contributed by atoms with Crippen LogP contribution in [0.25, 0.3) is 21.9 Å². The molecule has 9 nitrogen and oxygen atoms in total. The van der Waals surface area contributed by atoms with Crippen molar-refractivity contribution in [3.8, 4) is 0 Å². The van der Waals surface area contributed by atoms with Crippen molar-refractivity contribution < 1.29 is 13.6 Å². The molecule has 5 heterocycles. The first-order chi connectivity index (χ1) is 15.4. The van der Waals surface area contributed by atoms with Crippen LogP contribution in [0.3, 0.4) is 0 Å². The number of fused-ring (bicyclic) bond motifs is 3. The van der Waals surface area contributed by atoms with Crippen molar-refractivity contribution in [2.45, 2.75) is 38.5 Å². The molecule has 0 saturated carbocycles. The topological polar surface area (TPSA) is 131 Å². The summed E-state index contributed by atoms with van der Waals surface area (Å²) in [6.45, 7) is 5.74. The molecule has 0 spiro atoms. The van der Waals surface area contributed by atoms with E-state index < -0.39 is 11.3 Å². The van der Waals surface area contributed by atoms with Crippen LogP contribution >= 0.6 is 0 Å². The van der Waals surface area contributed by atoms with Gasteiger partial charge in [0.1, 0.15) is 0 Å². The second-order valence-electron chi connectivity index (χ2n) is 8.66. The van der Waals surface area contributed by atoms with Gasteiger partial charge >= 0.3 is 6.03 Å². The van der Waals surface area contributed by atoms with E-state index in [2.05, 4.69) is 48.9 Å². The number of hydrogen-bond donors (Lipinski definition) is 2. The number of nitrogens with zero attached hydrogens (tertiary/aromatic N) is 4. The lowest BCUT2D eigenvalue weighted by Gasteiger charge is -2.38. The van der Waals surface area contributed by atoms with Crippen molar-refractivity contribution >= 4 is 39.2 Å². The molecular weight excluding hydrogens is 428 g/mol. The normalized spacial score (nSPS) is 20.8. The zero-order chi connectivity index (χ0) is 22.7. The van der Waals surface area contributed by atoms with Crippen LogP contribution in [-0.2, 0) is 11.3 Å². The van der Waals surface area contributed by atoms with E-state index in [1.807, 2.05) is 18.6 Å². The van der Waals surface area contributed by atoms with E-state index in [9.17, 15) is 4.79 Å². The minimum absolute atomic E-state index is 0.239. The predicted octanol–water partition coefficient (Wildman–Crippen LogP) is 2.88. The summed E-state index contributed by atoms with van der Waals surface area (Å²) in [6.07, 6.45) is 10.1. The van der Waals surface area contributed by atoms with E-state index in [0.29, 0.717) is 11.8 Å². The Balaban J connectivity index is 0.000000567. The van der Waals surface area contributed by atoms with Crippen LogP contribution in [0, 0.1) is 5.92 Å². The first kappa shape index (κ1) is 22.6. The van der Waals surface area contributed by atoms with E-state index in [4.69, 9.17) is 8.76 Å². The number of likely N-dealkylation sites (tertiary alicyclic amines) is 2. The van der Waals surface area contributed by atoms with Crippen LogP contribution < -0.4 is 5.14 Å². The average Bonchev–Trinajstić information content (AvgIpc) is 3.27. The molecule has 2 fully saturated rings. The maximum atomic E-state index is 12.9. The number of pyridine rings is 2. The molecule has 3 N–H and O–H groups in total. The molecule has 32 heavy (non-hydrogen) atoms. The van der Waals surface area contributed by atoms with Crippen LogP contribution in [0.15, 0.2) is 30.7 Å². The summed E-state index contributed by atoms with van der Waals surface area (Å²) in [4.78, 5) is 29.2. The number of nitrogens with one attached hydrogen (secondary N) is 1. The zero-order valence-corrected chi connectivity index (χ0v) is 19.0. The average molecular weight is 458 g/mol. The third-order valence-electron chi connectivity index (χ3n) is 6.46. The molecule has 2 unspecified atom stereocenters. The van der Waals surface area contributed by atoms with Gasteiger partial charge in [0, 0.05) is 60.6 Å². The second kappa shape index (κ2) is 9.93. The van der Waals surface area contributed by atoms with Gasteiger partial charge in [-0.3, -0.25) is 9.35 Å². The van der Waals surface area contributed by atoms with E-state index in [-0.39, 0.29) is 6.03 Å². The van der Waals surface area contributed by atoms with Crippen molar-refractivity contribution in [2.75, 3.05) is 26.2 Å². The van der Waals surface area contributed by atoms with Gasteiger partial charge in [0.15, 0.2) is 5.65 Å². The highest BCUT2D eigenvalue weighted by atomic mass is 32.2. The summed E-state index contributed by atoms with van der Waals surface area (Å²) in [5, 5.41) is 6.38. The lowest BCUT2D eigenvalue weighted by Crippen LogP contribution is -2.49. The molecule has 2 aliphatic heterocycles. The molecule has 172 valence electrons. The van der Waals surface area contributed by atoms with Crippen molar-refractivity contribution in [2.24, 2.45) is 11.1 Å². The Hall–Kier alpha value is -2.56. The number of rotatable bonds is 1. The largest absolute Gasteiger partial charge is 0.760 e. The molecule has 10 heteroatoms. The van der Waals surface area contributed by atoms with Gasteiger partial charge in [-0.2, -0.15) is 0 Å². The molecule has 3 aromatic rings. The first-order valence-corrected chi connectivity index (χ1v) is 12.2. The minimum atomic E-state index is -2.36. The summed E-state index contributed by atoms with van der Waals surface area (Å²) >= 11 is -2.36. The molecule has 2 amide bonds. The Bertz CT molecular complexity index is 1110. The van der Waals surface area contributed by atoms with Gasteiger partial charge in [0.05, 0.1) is 11.7 Å². The molecule has 0 radical (unpaired) electrons. The maximum absolute atomic E-state index is 12.9. The molecule has 2 aliphatic rings. The summed E-state index contributed by atoms with van der Waals surface area (Å²) in [7, 11) is 0. The molecule has 5 rings (SSSR count). The van der Waals surface area contributed by atoms with Crippen LogP contribution in [0.2, 0.25) is 0 Å². The van der Waals surface area contributed by atoms with Crippen molar-refractivity contribution in [3.63, 3.8) is 0 Å². The van der Waals surface area contributed by atoms with Crippen molar-refractivity contribution in [1.82, 2.24) is 24.8 Å². The maximum Gasteiger partial charge on any atom is 0.320 e. The number of carbonyl (C=O) groups is 1. The summed E-state index contributed by atoms with van der Waals surface area (Å²) < 4.78 is 17.6. The third-order valence-corrected chi connectivity index (χ3v) is 6.46. The fourth-order valence-electron chi connectivity index (χ4n) is 4.97. The number of amides is 2. The van der Waals surface area contributed by atoms with Gasteiger partial charge in [-0.25, -0.2) is 14.8 Å². The number of aromatic amines is 1. The quantitative estimate of drug-likeness (QED) is 0.543. The smallest absolute Gasteiger partial charge is 0.320 e. The highest BCUT2D eigenvalue weighted by Gasteiger charge is 2.29. The standard InChI is InChI=1S/C22H27N5O.H3NO2S/c1-15-3-2-10-27(14-15)22(28)26-11-6-16(7-12-26)17-4-8-23-19-13-25-21-18(20(17)19)5-9-24-21;1-4(2)3/h4-5,8-9,13,15-16,23H,2-3,6-7,10-12,14H2,1H3;1H2,(H,2,3)/p-1. The summed E-state index contributed by atoms with van der Waals surface area (Å²) in [5.74, 6) is 1.08. The molecule has 3 aromatic heterocycles. The molecule has 2 saturated heterocycles. The van der Waals surface area contributed by atoms with Crippen molar-refractivity contribution in [1.29, 1.82) is 0 Å². The minimum Gasteiger partial charge on any atom is -0.760 e. The Morgan fingerprint density at radius 1 is 1.19 bits per heavy atom. The highest BCUT2D eigenvalue weighted by Crippen LogP contribution is 2.35. The summed E-state index contributed by atoms with van der Waals surface area (Å²) in [5.41, 5.74) is 3.21. The molecular formula is C22H29N6O3S-. The van der Waals surface area contributed by atoms with Crippen LogP contribution in [0.4, 0.5) is 4.79 Å². The number of hydrogen-bond acceptors (Lipinski definition) is 5. The Labute approximate surface area is 189 Å². The number of piperidine rings is 2. The first-order valence-electron chi connectivity index (χ1n) is 11.0. The zero-order valence-electron chi connectivity index (χ0n) is 18.2. The third kappa shape index (κ3) is 4.92. The SMILES string of the molecule is CC1CCCN(C(=O)N2CCC(c3cc[nH]c4cnc5nccc5c34)CC2)C1.NS(=O)[O-]. The molecule has 0 aliphatic carbocycles. The van der Waals surface area contributed by atoms with Gasteiger partial charge in [0.2, 0.25) is 0 Å². The summed E-state index contributed by atoms with van der Waals surface area (Å²) in [6, 6.07) is 4.49. The lowest BCUT2D eigenvalue weighted by molar-refractivity contribution is 0.121. The highest BCUT2D eigenvalue weighted by molar-refractivity contribution is 7.76. The Morgan fingerprint density at radius 2 is 1.94 bits per heavy atom. The second-order valence-corrected chi connectivity index (χ2v) is 9.18. The predicted molar refractivity (Wildman–Crippen MR) is 123 cm³/mol. The molecule has 2 atom stereocenters. The number of carbonyl (C=O) groups excluding carboxylic acids is 1. The number of aromatic nitrogens is 3. The number of H-pyrrole nitrogens is 1. The fraction of sp³-hybridized carbons (Fsp3) is 0.500. The van der Waals surface area contributed by atoms with E-state index in [1.165, 1.54) is 17.4 Å². The van der Waals surface area contributed by atoms with E-state index in [1.54, 1.807) is 0 Å². The number of nitrogens with two attached hydrogens (primary N) is 1. The lowest BCUT2D eigenvalue weighted by atomic mass is 9.87. The van der Waals surface area contributed by atoms with Gasteiger partial charge in [-0.05, 0) is 55.2 Å². The Kier molecular flexibility index (Phi) is 7.02. The fourth-order valence-corrected chi connectivity index (χ4v) is 4.97. The Morgan fingerprint density at radius 3 is 2.66 bits per heavy atom. The van der Waals surface area contributed by atoms with Gasteiger partial charge < -0.3 is 19.3 Å². The van der Waals surface area contributed by atoms with E-state index >= 15 is 0 Å².